The highest BCUT2D eigenvalue weighted by atomic mass is 16.3. The molecule has 0 fully saturated rings. The predicted octanol–water partition coefficient (Wildman–Crippen LogP) is 2.32. The van der Waals surface area contributed by atoms with E-state index in [9.17, 15) is 5.11 Å². The van der Waals surface area contributed by atoms with Crippen molar-refractivity contribution in [2.45, 2.75) is 32.2 Å². The number of aliphatic hydroxyl groups is 1. The van der Waals surface area contributed by atoms with E-state index in [-0.39, 0.29) is 12.5 Å². The summed E-state index contributed by atoms with van der Waals surface area (Å²) in [5.41, 5.74) is 1.13. The molecule has 1 atom stereocenters. The summed E-state index contributed by atoms with van der Waals surface area (Å²) in [7, 11) is 0. The summed E-state index contributed by atoms with van der Waals surface area (Å²) in [4.78, 5) is 4.44. The van der Waals surface area contributed by atoms with E-state index in [2.05, 4.69) is 9.55 Å². The zero-order valence-corrected chi connectivity index (χ0v) is 9.89. The van der Waals surface area contributed by atoms with Crippen LogP contribution in [0, 0.1) is 6.92 Å². The zero-order chi connectivity index (χ0) is 11.8. The molecule has 1 aliphatic heterocycles. The first kappa shape index (κ1) is 10.6. The van der Waals surface area contributed by atoms with Crippen LogP contribution in [0.1, 0.15) is 30.2 Å². The number of aliphatic hydroxyl groups excluding tert-OH is 1. The van der Waals surface area contributed by atoms with E-state index in [1.807, 2.05) is 25.3 Å². The van der Waals surface area contributed by atoms with Crippen LogP contribution in [-0.4, -0.2) is 21.3 Å². The fourth-order valence-electron chi connectivity index (χ4n) is 2.53. The van der Waals surface area contributed by atoms with Crippen molar-refractivity contribution in [2.24, 2.45) is 0 Å². The van der Waals surface area contributed by atoms with Crippen molar-refractivity contribution >= 4 is 0 Å². The van der Waals surface area contributed by atoms with Crippen LogP contribution in [0.3, 0.4) is 0 Å². The van der Waals surface area contributed by atoms with Crippen LogP contribution in [0.25, 0.3) is 11.6 Å². The highest BCUT2D eigenvalue weighted by molar-refractivity contribution is 5.49. The van der Waals surface area contributed by atoms with Crippen LogP contribution in [0.2, 0.25) is 0 Å². The summed E-state index contributed by atoms with van der Waals surface area (Å²) < 4.78 is 7.79. The number of nitrogens with zero attached hydrogens (tertiary/aromatic N) is 2. The zero-order valence-electron chi connectivity index (χ0n) is 9.89. The van der Waals surface area contributed by atoms with Gasteiger partial charge in [-0.25, -0.2) is 4.98 Å². The lowest BCUT2D eigenvalue weighted by Crippen LogP contribution is -2.18. The Morgan fingerprint density at radius 2 is 2.41 bits per heavy atom. The third kappa shape index (κ3) is 1.69. The Balaban J connectivity index is 2.05. The van der Waals surface area contributed by atoms with E-state index in [4.69, 9.17) is 4.42 Å². The van der Waals surface area contributed by atoms with Crippen molar-refractivity contribution in [3.8, 4) is 11.6 Å². The van der Waals surface area contributed by atoms with E-state index < -0.39 is 0 Å². The average molecular weight is 232 g/mol. The number of rotatable bonds is 2. The minimum atomic E-state index is 0.197. The highest BCUT2D eigenvalue weighted by Crippen LogP contribution is 2.31. The molecule has 0 bridgehead atoms. The largest absolute Gasteiger partial charge is 0.458 e. The Kier molecular flexibility index (Phi) is 2.52. The molecule has 0 aromatic carbocycles. The number of fused-ring (bicyclic) bond motifs is 1. The van der Waals surface area contributed by atoms with E-state index >= 15 is 0 Å². The lowest BCUT2D eigenvalue weighted by molar-refractivity contribution is 0.241. The Hall–Kier alpha value is -1.55. The van der Waals surface area contributed by atoms with Gasteiger partial charge in [0.2, 0.25) is 0 Å². The molecule has 0 spiro atoms. The van der Waals surface area contributed by atoms with Crippen LogP contribution in [0.5, 0.6) is 0 Å². The van der Waals surface area contributed by atoms with Crippen molar-refractivity contribution in [1.82, 2.24) is 9.55 Å². The molecule has 1 aliphatic rings. The van der Waals surface area contributed by atoms with Crippen molar-refractivity contribution in [3.63, 3.8) is 0 Å². The fourth-order valence-corrected chi connectivity index (χ4v) is 2.53. The summed E-state index contributed by atoms with van der Waals surface area (Å²) in [5, 5.41) is 9.36. The number of aryl methyl sites for hydroxylation is 1. The number of hydrogen-bond donors (Lipinski definition) is 1. The monoisotopic (exact) mass is 232 g/mol. The summed E-state index contributed by atoms with van der Waals surface area (Å²) in [5.74, 6) is 2.81. The third-order valence-electron chi connectivity index (χ3n) is 3.42. The summed E-state index contributed by atoms with van der Waals surface area (Å²) in [6, 6.07) is 3.90. The molecule has 90 valence electrons. The quantitative estimate of drug-likeness (QED) is 0.864. The molecule has 3 heterocycles. The maximum absolute atomic E-state index is 9.36. The van der Waals surface area contributed by atoms with Gasteiger partial charge in [-0.3, -0.25) is 0 Å². The number of imidazole rings is 1. The molecule has 0 radical (unpaired) electrons. The lowest BCUT2D eigenvalue weighted by Gasteiger charge is -2.23. The molecule has 17 heavy (non-hydrogen) atoms. The van der Waals surface area contributed by atoms with Gasteiger partial charge in [-0.15, -0.1) is 0 Å². The second kappa shape index (κ2) is 4.04. The van der Waals surface area contributed by atoms with Crippen molar-refractivity contribution < 1.29 is 9.52 Å². The standard InChI is InChI=1S/C13H16N2O2/c1-9-4-5-12(17-9)13-14-7-11-10(8-16)3-2-6-15(11)13/h4-5,7,10,16H,2-3,6,8H2,1H3. The van der Waals surface area contributed by atoms with E-state index in [1.165, 1.54) is 0 Å². The second-order valence-corrected chi connectivity index (χ2v) is 4.59. The van der Waals surface area contributed by atoms with Gasteiger partial charge in [0, 0.05) is 24.4 Å². The van der Waals surface area contributed by atoms with E-state index in [0.717, 1.165) is 42.4 Å². The van der Waals surface area contributed by atoms with E-state index in [0.29, 0.717) is 0 Å². The van der Waals surface area contributed by atoms with Gasteiger partial charge in [0.05, 0.1) is 6.61 Å². The fraction of sp³-hybridized carbons (Fsp3) is 0.462. The molecule has 2 aromatic rings. The SMILES string of the molecule is Cc1ccc(-c2ncc3n2CCCC3CO)o1. The van der Waals surface area contributed by atoms with Gasteiger partial charge in [0.1, 0.15) is 5.76 Å². The van der Waals surface area contributed by atoms with Gasteiger partial charge in [0.25, 0.3) is 0 Å². The Morgan fingerprint density at radius 3 is 3.12 bits per heavy atom. The minimum Gasteiger partial charge on any atom is -0.458 e. The molecule has 2 aromatic heterocycles. The lowest BCUT2D eigenvalue weighted by atomic mass is 9.97. The predicted molar refractivity (Wildman–Crippen MR) is 63.7 cm³/mol. The summed E-state index contributed by atoms with van der Waals surface area (Å²) in [6.45, 7) is 3.09. The molecule has 0 saturated carbocycles. The third-order valence-corrected chi connectivity index (χ3v) is 3.42. The molecule has 0 amide bonds. The van der Waals surface area contributed by atoms with Crippen molar-refractivity contribution in [1.29, 1.82) is 0 Å². The first-order valence-corrected chi connectivity index (χ1v) is 6.02. The Morgan fingerprint density at radius 1 is 1.53 bits per heavy atom. The minimum absolute atomic E-state index is 0.197. The molecule has 3 rings (SSSR count). The molecule has 1 N–H and O–H groups in total. The topological polar surface area (TPSA) is 51.2 Å². The maximum atomic E-state index is 9.36. The van der Waals surface area contributed by atoms with Gasteiger partial charge in [-0.1, -0.05) is 0 Å². The molecule has 0 saturated heterocycles. The molecule has 4 nitrogen and oxygen atoms in total. The van der Waals surface area contributed by atoms with Gasteiger partial charge >= 0.3 is 0 Å². The van der Waals surface area contributed by atoms with Gasteiger partial charge in [-0.05, 0) is 31.9 Å². The summed E-state index contributed by atoms with van der Waals surface area (Å²) >= 11 is 0. The molecule has 0 aliphatic carbocycles. The van der Waals surface area contributed by atoms with E-state index in [1.54, 1.807) is 0 Å². The number of hydrogen-bond acceptors (Lipinski definition) is 3. The second-order valence-electron chi connectivity index (χ2n) is 4.59. The highest BCUT2D eigenvalue weighted by Gasteiger charge is 2.24. The van der Waals surface area contributed by atoms with Gasteiger partial charge in [0.15, 0.2) is 11.6 Å². The molecular formula is C13H16N2O2. The van der Waals surface area contributed by atoms with Crippen molar-refractivity contribution in [3.05, 3.63) is 29.8 Å². The number of aromatic nitrogens is 2. The van der Waals surface area contributed by atoms with Crippen LogP contribution >= 0.6 is 0 Å². The van der Waals surface area contributed by atoms with Crippen LogP contribution < -0.4 is 0 Å². The smallest absolute Gasteiger partial charge is 0.176 e. The molecule has 1 unspecified atom stereocenters. The van der Waals surface area contributed by atoms with Gasteiger partial charge < -0.3 is 14.1 Å². The molecule has 4 heteroatoms. The first-order valence-electron chi connectivity index (χ1n) is 6.02. The van der Waals surface area contributed by atoms with Crippen molar-refractivity contribution in [2.75, 3.05) is 6.61 Å². The van der Waals surface area contributed by atoms with Gasteiger partial charge in [-0.2, -0.15) is 0 Å². The van der Waals surface area contributed by atoms with Crippen LogP contribution in [0.15, 0.2) is 22.7 Å². The first-order chi connectivity index (χ1) is 8.29. The maximum Gasteiger partial charge on any atom is 0.176 e. The Labute approximate surface area is 99.9 Å². The number of furan rings is 1. The normalized spacial score (nSPS) is 19.3. The Bertz CT molecular complexity index is 527. The summed E-state index contributed by atoms with van der Waals surface area (Å²) in [6.07, 6.45) is 3.99. The van der Waals surface area contributed by atoms with Crippen LogP contribution in [0.4, 0.5) is 0 Å². The average Bonchev–Trinajstić information content (AvgIpc) is 2.94. The van der Waals surface area contributed by atoms with Crippen LogP contribution in [-0.2, 0) is 6.54 Å². The molecular weight excluding hydrogens is 216 g/mol.